The number of oxazole rings is 1. The highest BCUT2D eigenvalue weighted by Gasteiger charge is 2.23. The summed E-state index contributed by atoms with van der Waals surface area (Å²) in [5.41, 5.74) is 2.53. The van der Waals surface area contributed by atoms with Crippen molar-refractivity contribution >= 4 is 23.4 Å². The van der Waals surface area contributed by atoms with Gasteiger partial charge in [-0.05, 0) is 42.7 Å². The number of hydrogen-bond donors (Lipinski definition) is 1. The zero-order chi connectivity index (χ0) is 19.3. The highest BCUT2D eigenvalue weighted by Crippen LogP contribution is 2.31. The first-order valence-corrected chi connectivity index (χ1v) is 9.90. The lowest BCUT2D eigenvalue weighted by Crippen LogP contribution is -2.14. The van der Waals surface area contributed by atoms with E-state index in [1.807, 2.05) is 60.9 Å². The zero-order valence-corrected chi connectivity index (χ0v) is 15.9. The maximum Gasteiger partial charge on any atom is 0.278 e. The maximum atomic E-state index is 13.1. The van der Waals surface area contributed by atoms with Gasteiger partial charge in [-0.15, -0.1) is 11.8 Å². The smallest absolute Gasteiger partial charge is 0.278 e. The molecule has 0 aliphatic heterocycles. The van der Waals surface area contributed by atoms with E-state index in [-0.39, 0.29) is 11.6 Å². The van der Waals surface area contributed by atoms with Crippen LogP contribution < -0.4 is 5.32 Å². The Morgan fingerprint density at radius 3 is 2.39 bits per heavy atom. The number of pyridine rings is 1. The second kappa shape index (κ2) is 8.10. The van der Waals surface area contributed by atoms with Gasteiger partial charge in [0.1, 0.15) is 0 Å². The Morgan fingerprint density at radius 2 is 1.64 bits per heavy atom. The van der Waals surface area contributed by atoms with Crippen LogP contribution in [0.4, 0.5) is 5.69 Å². The molecular formula is C22H17N3O2S. The van der Waals surface area contributed by atoms with Crippen LogP contribution in [-0.2, 0) is 0 Å². The third kappa shape index (κ3) is 3.68. The summed E-state index contributed by atoms with van der Waals surface area (Å²) in [5.74, 6) is 0.496. The summed E-state index contributed by atoms with van der Waals surface area (Å²) in [7, 11) is 0. The SMILES string of the molecule is CSc1ccccc1NC(=O)c1nc(-c2ccccc2)oc1-c1ccncc1. The highest BCUT2D eigenvalue weighted by molar-refractivity contribution is 7.98. The minimum Gasteiger partial charge on any atom is -0.435 e. The quantitative estimate of drug-likeness (QED) is 0.466. The van der Waals surface area contributed by atoms with Crippen molar-refractivity contribution in [2.24, 2.45) is 0 Å². The van der Waals surface area contributed by atoms with Gasteiger partial charge in [0, 0.05) is 28.4 Å². The Labute approximate surface area is 166 Å². The summed E-state index contributed by atoms with van der Waals surface area (Å²) in [6, 6.07) is 20.8. The number of benzene rings is 2. The van der Waals surface area contributed by atoms with Crippen LogP contribution in [-0.4, -0.2) is 22.1 Å². The molecule has 0 radical (unpaired) electrons. The van der Waals surface area contributed by atoms with Crippen molar-refractivity contribution in [3.8, 4) is 22.8 Å². The van der Waals surface area contributed by atoms with Gasteiger partial charge in [0.05, 0.1) is 5.69 Å². The van der Waals surface area contributed by atoms with Gasteiger partial charge in [-0.3, -0.25) is 9.78 Å². The number of anilines is 1. The number of thioether (sulfide) groups is 1. The molecule has 2 aromatic carbocycles. The number of amides is 1. The Balaban J connectivity index is 1.76. The lowest BCUT2D eigenvalue weighted by molar-refractivity contribution is 0.102. The summed E-state index contributed by atoms with van der Waals surface area (Å²) in [4.78, 5) is 22.6. The van der Waals surface area contributed by atoms with E-state index in [0.717, 1.165) is 21.7 Å². The van der Waals surface area contributed by atoms with Gasteiger partial charge < -0.3 is 9.73 Å². The van der Waals surface area contributed by atoms with Crippen molar-refractivity contribution < 1.29 is 9.21 Å². The van der Waals surface area contributed by atoms with Crippen LogP contribution in [0.25, 0.3) is 22.8 Å². The Morgan fingerprint density at radius 1 is 0.929 bits per heavy atom. The molecule has 0 spiro atoms. The molecule has 1 amide bonds. The highest BCUT2D eigenvalue weighted by atomic mass is 32.2. The van der Waals surface area contributed by atoms with Gasteiger partial charge in [0.15, 0.2) is 11.5 Å². The van der Waals surface area contributed by atoms with Gasteiger partial charge in [-0.25, -0.2) is 4.98 Å². The Hall–Kier alpha value is -3.38. The van der Waals surface area contributed by atoms with E-state index >= 15 is 0 Å². The molecule has 0 atom stereocenters. The molecule has 6 heteroatoms. The minimum atomic E-state index is -0.320. The zero-order valence-electron chi connectivity index (χ0n) is 15.1. The average molecular weight is 387 g/mol. The molecule has 4 rings (SSSR count). The van der Waals surface area contributed by atoms with E-state index in [0.29, 0.717) is 11.7 Å². The predicted octanol–water partition coefficient (Wildman–Crippen LogP) is 5.38. The lowest BCUT2D eigenvalue weighted by atomic mass is 10.1. The van der Waals surface area contributed by atoms with Crippen LogP contribution in [0.1, 0.15) is 10.5 Å². The monoisotopic (exact) mass is 387 g/mol. The predicted molar refractivity (Wildman–Crippen MR) is 111 cm³/mol. The van der Waals surface area contributed by atoms with Crippen LogP contribution >= 0.6 is 11.8 Å². The van der Waals surface area contributed by atoms with E-state index in [1.54, 1.807) is 36.3 Å². The molecule has 0 aliphatic carbocycles. The topological polar surface area (TPSA) is 68.0 Å². The number of rotatable bonds is 5. The first-order chi connectivity index (χ1) is 13.8. The molecule has 5 nitrogen and oxygen atoms in total. The lowest BCUT2D eigenvalue weighted by Gasteiger charge is -2.08. The second-order valence-electron chi connectivity index (χ2n) is 5.95. The molecule has 138 valence electrons. The van der Waals surface area contributed by atoms with E-state index in [2.05, 4.69) is 15.3 Å². The van der Waals surface area contributed by atoms with Crippen LogP contribution in [0.15, 0.2) is 88.4 Å². The Bertz CT molecular complexity index is 1100. The fourth-order valence-corrected chi connectivity index (χ4v) is 3.36. The van der Waals surface area contributed by atoms with Gasteiger partial charge in [0.2, 0.25) is 5.89 Å². The third-order valence-electron chi connectivity index (χ3n) is 4.16. The van der Waals surface area contributed by atoms with Crippen molar-refractivity contribution in [1.82, 2.24) is 9.97 Å². The molecule has 2 heterocycles. The third-order valence-corrected chi connectivity index (χ3v) is 4.96. The molecule has 0 bridgehead atoms. The minimum absolute atomic E-state index is 0.237. The fraction of sp³-hybridized carbons (Fsp3) is 0.0455. The first kappa shape index (κ1) is 18.0. The molecule has 0 fully saturated rings. The van der Waals surface area contributed by atoms with Crippen LogP contribution in [0.5, 0.6) is 0 Å². The molecule has 2 aromatic heterocycles. The van der Waals surface area contributed by atoms with Crippen molar-refractivity contribution in [3.63, 3.8) is 0 Å². The summed E-state index contributed by atoms with van der Waals surface area (Å²) < 4.78 is 6.00. The van der Waals surface area contributed by atoms with E-state index in [4.69, 9.17) is 4.42 Å². The summed E-state index contributed by atoms with van der Waals surface area (Å²) in [5, 5.41) is 2.95. The average Bonchev–Trinajstić information content (AvgIpc) is 3.21. The second-order valence-corrected chi connectivity index (χ2v) is 6.80. The van der Waals surface area contributed by atoms with Crippen LogP contribution in [0, 0.1) is 0 Å². The molecular weight excluding hydrogens is 370 g/mol. The summed E-state index contributed by atoms with van der Waals surface area (Å²) in [6.07, 6.45) is 5.28. The van der Waals surface area contributed by atoms with E-state index in [1.165, 1.54) is 0 Å². The van der Waals surface area contributed by atoms with Gasteiger partial charge in [0.25, 0.3) is 5.91 Å². The number of aromatic nitrogens is 2. The number of carbonyl (C=O) groups excluding carboxylic acids is 1. The largest absolute Gasteiger partial charge is 0.435 e. The van der Waals surface area contributed by atoms with Gasteiger partial charge in [-0.2, -0.15) is 0 Å². The first-order valence-electron chi connectivity index (χ1n) is 8.67. The number of para-hydroxylation sites is 1. The Kier molecular flexibility index (Phi) is 5.21. The molecule has 0 saturated carbocycles. The maximum absolute atomic E-state index is 13.1. The van der Waals surface area contributed by atoms with Gasteiger partial charge in [-0.1, -0.05) is 30.3 Å². The number of carbonyl (C=O) groups is 1. The molecule has 0 unspecified atom stereocenters. The molecule has 1 N–H and O–H groups in total. The van der Waals surface area contributed by atoms with Crippen molar-refractivity contribution in [2.45, 2.75) is 4.90 Å². The molecule has 0 saturated heterocycles. The normalized spacial score (nSPS) is 10.6. The molecule has 28 heavy (non-hydrogen) atoms. The van der Waals surface area contributed by atoms with Gasteiger partial charge >= 0.3 is 0 Å². The number of hydrogen-bond acceptors (Lipinski definition) is 5. The molecule has 0 aliphatic rings. The van der Waals surface area contributed by atoms with Crippen molar-refractivity contribution in [2.75, 3.05) is 11.6 Å². The number of nitrogens with zero attached hydrogens (tertiary/aromatic N) is 2. The van der Waals surface area contributed by atoms with Crippen LogP contribution in [0.3, 0.4) is 0 Å². The summed E-state index contributed by atoms with van der Waals surface area (Å²) in [6.45, 7) is 0. The van der Waals surface area contributed by atoms with E-state index in [9.17, 15) is 4.79 Å². The van der Waals surface area contributed by atoms with Crippen molar-refractivity contribution in [1.29, 1.82) is 0 Å². The standard InChI is InChI=1S/C22H17N3O2S/c1-28-18-10-6-5-9-17(18)24-21(26)19-20(15-11-13-23-14-12-15)27-22(25-19)16-7-3-2-4-8-16/h2-14H,1H3,(H,24,26). The molecule has 4 aromatic rings. The van der Waals surface area contributed by atoms with Crippen LogP contribution in [0.2, 0.25) is 0 Å². The van der Waals surface area contributed by atoms with Crippen molar-refractivity contribution in [3.05, 3.63) is 84.8 Å². The summed E-state index contributed by atoms with van der Waals surface area (Å²) >= 11 is 1.57. The fourth-order valence-electron chi connectivity index (χ4n) is 2.81. The van der Waals surface area contributed by atoms with E-state index < -0.39 is 0 Å². The number of nitrogens with one attached hydrogen (secondary N) is 1.